The van der Waals surface area contributed by atoms with E-state index >= 15 is 0 Å². The van der Waals surface area contributed by atoms with Crippen molar-refractivity contribution < 1.29 is 9.18 Å². The number of hydrogen-bond donors (Lipinski definition) is 0. The standard InChI is InChI=1S/C15H14FNOS/c16-14-3-1-2-12(13(14)8-17)15(18)9-6-10-4-5-11(7-9)19-10/h1-3,9-11H,4-7H2. The summed E-state index contributed by atoms with van der Waals surface area (Å²) in [5.74, 6) is -0.678. The summed E-state index contributed by atoms with van der Waals surface area (Å²) in [6.07, 6.45) is 4.13. The molecule has 2 nitrogen and oxygen atoms in total. The van der Waals surface area contributed by atoms with Gasteiger partial charge in [0.25, 0.3) is 0 Å². The third-order valence-corrected chi connectivity index (χ3v) is 5.68. The predicted octanol–water partition coefficient (Wildman–Crippen LogP) is 3.55. The average Bonchev–Trinajstić information content (AvgIpc) is 2.76. The molecule has 2 bridgehead atoms. The zero-order valence-corrected chi connectivity index (χ0v) is 11.3. The molecule has 1 aromatic carbocycles. The highest BCUT2D eigenvalue weighted by Crippen LogP contribution is 2.46. The largest absolute Gasteiger partial charge is 0.294 e. The van der Waals surface area contributed by atoms with Crippen LogP contribution in [0.15, 0.2) is 18.2 Å². The van der Waals surface area contributed by atoms with Gasteiger partial charge in [0.2, 0.25) is 0 Å². The Morgan fingerprint density at radius 1 is 1.32 bits per heavy atom. The van der Waals surface area contributed by atoms with Gasteiger partial charge in [-0.05, 0) is 37.8 Å². The van der Waals surface area contributed by atoms with Crippen molar-refractivity contribution in [1.82, 2.24) is 0 Å². The number of rotatable bonds is 2. The lowest BCUT2D eigenvalue weighted by Gasteiger charge is -2.26. The van der Waals surface area contributed by atoms with Gasteiger partial charge in [0.1, 0.15) is 11.9 Å². The van der Waals surface area contributed by atoms with Crippen molar-refractivity contribution in [3.05, 3.63) is 35.1 Å². The molecule has 0 aliphatic carbocycles. The second-order valence-corrected chi connectivity index (χ2v) is 6.87. The first-order valence-electron chi connectivity index (χ1n) is 6.57. The summed E-state index contributed by atoms with van der Waals surface area (Å²) >= 11 is 1.99. The Labute approximate surface area is 116 Å². The number of ketones is 1. The minimum atomic E-state index is -0.596. The molecule has 0 spiro atoms. The molecule has 3 rings (SSSR count). The van der Waals surface area contributed by atoms with Crippen LogP contribution in [-0.2, 0) is 0 Å². The van der Waals surface area contributed by atoms with Crippen molar-refractivity contribution in [3.63, 3.8) is 0 Å². The number of benzene rings is 1. The molecule has 0 radical (unpaired) electrons. The van der Waals surface area contributed by atoms with Crippen LogP contribution in [0.25, 0.3) is 0 Å². The van der Waals surface area contributed by atoms with Crippen molar-refractivity contribution in [1.29, 1.82) is 5.26 Å². The van der Waals surface area contributed by atoms with Crippen molar-refractivity contribution in [2.24, 2.45) is 5.92 Å². The molecule has 98 valence electrons. The summed E-state index contributed by atoms with van der Waals surface area (Å²) in [4.78, 5) is 12.5. The number of hydrogen-bond acceptors (Lipinski definition) is 3. The van der Waals surface area contributed by atoms with Crippen molar-refractivity contribution in [2.75, 3.05) is 0 Å². The van der Waals surface area contributed by atoms with Gasteiger partial charge in [-0.1, -0.05) is 6.07 Å². The quantitative estimate of drug-likeness (QED) is 0.775. The van der Waals surface area contributed by atoms with E-state index in [0.717, 1.165) is 12.8 Å². The molecule has 19 heavy (non-hydrogen) atoms. The summed E-state index contributed by atoms with van der Waals surface area (Å²) in [5.41, 5.74) is 0.164. The maximum Gasteiger partial charge on any atom is 0.167 e. The Morgan fingerprint density at radius 2 is 2.00 bits per heavy atom. The van der Waals surface area contributed by atoms with E-state index in [-0.39, 0.29) is 22.8 Å². The second kappa shape index (κ2) is 4.97. The van der Waals surface area contributed by atoms with E-state index in [4.69, 9.17) is 5.26 Å². The second-order valence-electron chi connectivity index (χ2n) is 5.26. The van der Waals surface area contributed by atoms with E-state index < -0.39 is 5.82 Å². The third-order valence-electron chi connectivity index (χ3n) is 4.05. The van der Waals surface area contributed by atoms with Crippen LogP contribution in [0.2, 0.25) is 0 Å². The van der Waals surface area contributed by atoms with E-state index in [0.29, 0.717) is 10.5 Å². The van der Waals surface area contributed by atoms with Crippen LogP contribution in [0.3, 0.4) is 0 Å². The highest BCUT2D eigenvalue weighted by molar-refractivity contribution is 8.00. The summed E-state index contributed by atoms with van der Waals surface area (Å²) < 4.78 is 13.6. The number of carbonyl (C=O) groups is 1. The van der Waals surface area contributed by atoms with E-state index in [1.54, 1.807) is 6.07 Å². The number of carbonyl (C=O) groups excluding carboxylic acids is 1. The van der Waals surface area contributed by atoms with Crippen LogP contribution in [0, 0.1) is 23.1 Å². The lowest BCUT2D eigenvalue weighted by Crippen LogP contribution is -2.25. The molecule has 4 heteroatoms. The number of thioether (sulfide) groups is 1. The fourth-order valence-corrected chi connectivity index (χ4v) is 4.91. The first-order chi connectivity index (χ1) is 9.19. The topological polar surface area (TPSA) is 40.9 Å². The lowest BCUT2D eigenvalue weighted by atomic mass is 9.88. The van der Waals surface area contributed by atoms with E-state index in [1.165, 1.54) is 25.0 Å². The lowest BCUT2D eigenvalue weighted by molar-refractivity contribution is 0.0906. The van der Waals surface area contributed by atoms with Gasteiger partial charge in [0.15, 0.2) is 5.78 Å². The van der Waals surface area contributed by atoms with Crippen LogP contribution in [0.5, 0.6) is 0 Å². The maximum atomic E-state index is 13.6. The molecule has 2 heterocycles. The highest BCUT2D eigenvalue weighted by atomic mass is 32.2. The van der Waals surface area contributed by atoms with Crippen LogP contribution < -0.4 is 0 Å². The molecule has 1 aromatic rings. The summed E-state index contributed by atoms with van der Waals surface area (Å²) in [7, 11) is 0. The summed E-state index contributed by atoms with van der Waals surface area (Å²) in [6, 6.07) is 6.14. The Bertz CT molecular complexity index is 554. The zero-order valence-electron chi connectivity index (χ0n) is 10.4. The van der Waals surface area contributed by atoms with E-state index in [9.17, 15) is 9.18 Å². The van der Waals surface area contributed by atoms with Crippen LogP contribution in [0.4, 0.5) is 4.39 Å². The number of nitrogens with zero attached hydrogens (tertiary/aromatic N) is 1. The molecule has 2 atom stereocenters. The summed E-state index contributed by atoms with van der Waals surface area (Å²) in [6.45, 7) is 0. The first kappa shape index (κ1) is 12.7. The number of nitriles is 1. The number of Topliss-reactive ketones (excluding diaryl/α,β-unsaturated/α-hetero) is 1. The minimum Gasteiger partial charge on any atom is -0.294 e. The molecular formula is C15H14FNOS. The molecule has 0 N–H and O–H groups in total. The Kier molecular flexibility index (Phi) is 3.32. The normalized spacial score (nSPS) is 28.9. The SMILES string of the molecule is N#Cc1c(F)cccc1C(=O)C1CC2CCC(C1)S2. The van der Waals surface area contributed by atoms with Crippen LogP contribution in [-0.4, -0.2) is 16.3 Å². The van der Waals surface area contributed by atoms with Crippen LogP contribution >= 0.6 is 11.8 Å². The van der Waals surface area contributed by atoms with Crippen LogP contribution in [0.1, 0.15) is 41.6 Å². The fourth-order valence-electron chi connectivity index (χ4n) is 3.13. The molecule has 2 fully saturated rings. The number of halogens is 1. The fraction of sp³-hybridized carbons (Fsp3) is 0.467. The van der Waals surface area contributed by atoms with Crippen molar-refractivity contribution >= 4 is 17.5 Å². The van der Waals surface area contributed by atoms with E-state index in [1.807, 2.05) is 17.8 Å². The maximum absolute atomic E-state index is 13.6. The van der Waals surface area contributed by atoms with Gasteiger partial charge in [-0.15, -0.1) is 0 Å². The monoisotopic (exact) mass is 275 g/mol. The molecule has 2 aliphatic rings. The average molecular weight is 275 g/mol. The van der Waals surface area contributed by atoms with Gasteiger partial charge in [-0.25, -0.2) is 4.39 Å². The van der Waals surface area contributed by atoms with Gasteiger partial charge in [0, 0.05) is 22.0 Å². The molecule has 2 unspecified atom stereocenters. The van der Waals surface area contributed by atoms with Crippen molar-refractivity contribution in [3.8, 4) is 6.07 Å². The number of fused-ring (bicyclic) bond motifs is 2. The predicted molar refractivity (Wildman–Crippen MR) is 72.6 cm³/mol. The van der Waals surface area contributed by atoms with Gasteiger partial charge >= 0.3 is 0 Å². The van der Waals surface area contributed by atoms with Crippen molar-refractivity contribution in [2.45, 2.75) is 36.2 Å². The smallest absolute Gasteiger partial charge is 0.167 e. The van der Waals surface area contributed by atoms with Gasteiger partial charge in [-0.3, -0.25) is 4.79 Å². The molecular weight excluding hydrogens is 261 g/mol. The Balaban J connectivity index is 1.89. The van der Waals surface area contributed by atoms with E-state index in [2.05, 4.69) is 0 Å². The zero-order chi connectivity index (χ0) is 13.4. The molecule has 0 aromatic heterocycles. The Morgan fingerprint density at radius 3 is 2.63 bits per heavy atom. The summed E-state index contributed by atoms with van der Waals surface area (Å²) in [5, 5.41) is 10.2. The molecule has 2 aliphatic heterocycles. The third kappa shape index (κ3) is 2.28. The first-order valence-corrected chi connectivity index (χ1v) is 7.51. The Hall–Kier alpha value is -1.34. The molecule has 0 amide bonds. The molecule has 2 saturated heterocycles. The van der Waals surface area contributed by atoms with Gasteiger partial charge < -0.3 is 0 Å². The van der Waals surface area contributed by atoms with Gasteiger partial charge in [0.05, 0.1) is 5.56 Å². The van der Waals surface area contributed by atoms with Gasteiger partial charge in [-0.2, -0.15) is 17.0 Å². The molecule has 0 saturated carbocycles. The highest BCUT2D eigenvalue weighted by Gasteiger charge is 2.38. The minimum absolute atomic E-state index is 0.0346.